The molecule has 3 N–H and O–H groups in total. The van der Waals surface area contributed by atoms with Crippen LogP contribution in [0.5, 0.6) is 0 Å². The van der Waals surface area contributed by atoms with Gasteiger partial charge in [-0.05, 0) is 25.5 Å². The van der Waals surface area contributed by atoms with Crippen molar-refractivity contribution < 1.29 is 0 Å². The van der Waals surface area contributed by atoms with Gasteiger partial charge in [0.2, 0.25) is 0 Å². The molecule has 0 spiro atoms. The molecule has 1 atom stereocenters. The van der Waals surface area contributed by atoms with Crippen molar-refractivity contribution in [3.63, 3.8) is 0 Å². The molecule has 1 rings (SSSR count). The van der Waals surface area contributed by atoms with Crippen LogP contribution in [0.1, 0.15) is 32.3 Å². The average Bonchev–Trinajstić information content (AvgIpc) is 2.21. The average molecular weight is 203 g/mol. The SMILES string of the molecule is CCCC(C)Nc1cccc(C#N)c1N. The molecular formula is C12H17N3. The number of nitrogen functional groups attached to an aromatic ring is 1. The monoisotopic (exact) mass is 203 g/mol. The van der Waals surface area contributed by atoms with Gasteiger partial charge in [0, 0.05) is 6.04 Å². The Labute approximate surface area is 90.9 Å². The summed E-state index contributed by atoms with van der Waals surface area (Å²) in [5.41, 5.74) is 7.79. The van der Waals surface area contributed by atoms with Gasteiger partial charge in [0.1, 0.15) is 6.07 Å². The van der Waals surface area contributed by atoms with E-state index in [9.17, 15) is 0 Å². The second-order valence-electron chi connectivity index (χ2n) is 3.71. The van der Waals surface area contributed by atoms with E-state index >= 15 is 0 Å². The topological polar surface area (TPSA) is 61.8 Å². The lowest BCUT2D eigenvalue weighted by atomic mass is 10.1. The van der Waals surface area contributed by atoms with Crippen LogP contribution in [-0.2, 0) is 0 Å². The normalized spacial score (nSPS) is 11.8. The predicted molar refractivity (Wildman–Crippen MR) is 63.6 cm³/mol. The van der Waals surface area contributed by atoms with Gasteiger partial charge in [-0.2, -0.15) is 5.26 Å². The molecule has 0 radical (unpaired) electrons. The smallest absolute Gasteiger partial charge is 0.101 e. The summed E-state index contributed by atoms with van der Waals surface area (Å²) in [5.74, 6) is 0. The van der Waals surface area contributed by atoms with Crippen LogP contribution < -0.4 is 11.1 Å². The maximum atomic E-state index is 8.82. The Morgan fingerprint density at radius 3 is 2.87 bits per heavy atom. The molecule has 0 saturated heterocycles. The van der Waals surface area contributed by atoms with E-state index < -0.39 is 0 Å². The van der Waals surface area contributed by atoms with Crippen LogP contribution in [0.4, 0.5) is 11.4 Å². The van der Waals surface area contributed by atoms with Crippen molar-refractivity contribution in [3.05, 3.63) is 23.8 Å². The number of nitrogens with zero attached hydrogens (tertiary/aromatic N) is 1. The standard InChI is InChI=1S/C12H17N3/c1-3-5-9(2)15-11-7-4-6-10(8-13)12(11)14/h4,6-7,9,15H,3,5,14H2,1-2H3. The first-order chi connectivity index (χ1) is 7.19. The lowest BCUT2D eigenvalue weighted by molar-refractivity contribution is 0.691. The van der Waals surface area contributed by atoms with Gasteiger partial charge in [-0.1, -0.05) is 19.4 Å². The van der Waals surface area contributed by atoms with Crippen molar-refractivity contribution in [2.45, 2.75) is 32.7 Å². The third-order valence-corrected chi connectivity index (χ3v) is 2.35. The fraction of sp³-hybridized carbons (Fsp3) is 0.417. The van der Waals surface area contributed by atoms with E-state index in [0.717, 1.165) is 18.5 Å². The molecule has 1 aromatic rings. The zero-order valence-corrected chi connectivity index (χ0v) is 9.25. The summed E-state index contributed by atoms with van der Waals surface area (Å²) in [5, 5.41) is 12.1. The lowest BCUT2D eigenvalue weighted by Gasteiger charge is -2.16. The minimum atomic E-state index is 0.381. The Morgan fingerprint density at radius 2 is 2.27 bits per heavy atom. The van der Waals surface area contributed by atoms with Crippen molar-refractivity contribution in [3.8, 4) is 6.07 Å². The highest BCUT2D eigenvalue weighted by molar-refractivity contribution is 5.73. The van der Waals surface area contributed by atoms with Crippen LogP contribution in [0.25, 0.3) is 0 Å². The molecule has 0 aliphatic heterocycles. The maximum Gasteiger partial charge on any atom is 0.101 e. The number of nitrogens with one attached hydrogen (secondary N) is 1. The van der Waals surface area contributed by atoms with E-state index in [2.05, 4.69) is 25.2 Å². The number of benzene rings is 1. The fourth-order valence-corrected chi connectivity index (χ4v) is 1.56. The van der Waals surface area contributed by atoms with Crippen molar-refractivity contribution in [2.24, 2.45) is 0 Å². The molecule has 15 heavy (non-hydrogen) atoms. The van der Waals surface area contributed by atoms with Crippen LogP contribution in [-0.4, -0.2) is 6.04 Å². The fourth-order valence-electron chi connectivity index (χ4n) is 1.56. The van der Waals surface area contributed by atoms with E-state index in [1.165, 1.54) is 0 Å². The first-order valence-electron chi connectivity index (χ1n) is 5.24. The second kappa shape index (κ2) is 5.26. The van der Waals surface area contributed by atoms with Gasteiger partial charge in [0.15, 0.2) is 0 Å². The van der Waals surface area contributed by atoms with Gasteiger partial charge >= 0.3 is 0 Å². The molecule has 0 aliphatic rings. The zero-order chi connectivity index (χ0) is 11.3. The van der Waals surface area contributed by atoms with Crippen molar-refractivity contribution in [1.82, 2.24) is 0 Å². The Hall–Kier alpha value is -1.69. The quantitative estimate of drug-likeness (QED) is 0.739. The zero-order valence-electron chi connectivity index (χ0n) is 9.25. The third kappa shape index (κ3) is 2.88. The highest BCUT2D eigenvalue weighted by Gasteiger charge is 2.06. The summed E-state index contributed by atoms with van der Waals surface area (Å²) in [4.78, 5) is 0. The molecule has 0 amide bonds. The molecule has 1 aromatic carbocycles. The second-order valence-corrected chi connectivity index (χ2v) is 3.71. The van der Waals surface area contributed by atoms with Crippen LogP contribution in [0, 0.1) is 11.3 Å². The van der Waals surface area contributed by atoms with E-state index in [0.29, 0.717) is 17.3 Å². The van der Waals surface area contributed by atoms with Crippen molar-refractivity contribution in [2.75, 3.05) is 11.1 Å². The number of nitriles is 1. The van der Waals surface area contributed by atoms with Crippen LogP contribution >= 0.6 is 0 Å². The van der Waals surface area contributed by atoms with E-state index in [4.69, 9.17) is 11.0 Å². The molecule has 1 unspecified atom stereocenters. The van der Waals surface area contributed by atoms with E-state index in [1.807, 2.05) is 12.1 Å². The minimum absolute atomic E-state index is 0.381. The molecule has 0 heterocycles. The summed E-state index contributed by atoms with van der Waals surface area (Å²) in [6.45, 7) is 4.26. The Bertz CT molecular complexity index is 366. The summed E-state index contributed by atoms with van der Waals surface area (Å²) in [7, 11) is 0. The lowest BCUT2D eigenvalue weighted by Crippen LogP contribution is -2.15. The van der Waals surface area contributed by atoms with Crippen LogP contribution in [0.3, 0.4) is 0 Å². The van der Waals surface area contributed by atoms with Gasteiger partial charge in [-0.25, -0.2) is 0 Å². The van der Waals surface area contributed by atoms with E-state index in [1.54, 1.807) is 6.07 Å². The summed E-state index contributed by atoms with van der Waals surface area (Å²) < 4.78 is 0. The van der Waals surface area contributed by atoms with Gasteiger partial charge in [0.05, 0.1) is 16.9 Å². The molecule has 0 saturated carbocycles. The number of para-hydroxylation sites is 1. The molecule has 80 valence electrons. The van der Waals surface area contributed by atoms with Gasteiger partial charge in [-0.3, -0.25) is 0 Å². The van der Waals surface area contributed by atoms with E-state index in [-0.39, 0.29) is 0 Å². The first kappa shape index (κ1) is 11.4. The maximum absolute atomic E-state index is 8.82. The Morgan fingerprint density at radius 1 is 1.53 bits per heavy atom. The highest BCUT2D eigenvalue weighted by Crippen LogP contribution is 2.23. The summed E-state index contributed by atoms with van der Waals surface area (Å²) in [6.07, 6.45) is 2.22. The molecule has 0 aromatic heterocycles. The number of rotatable bonds is 4. The first-order valence-corrected chi connectivity index (χ1v) is 5.24. The predicted octanol–water partition coefficient (Wildman–Crippen LogP) is 2.74. The molecule has 0 aliphatic carbocycles. The highest BCUT2D eigenvalue weighted by atomic mass is 14.9. The van der Waals surface area contributed by atoms with Crippen LogP contribution in [0.2, 0.25) is 0 Å². The Kier molecular flexibility index (Phi) is 3.99. The molecule has 0 fully saturated rings. The number of anilines is 2. The van der Waals surface area contributed by atoms with Gasteiger partial charge in [0.25, 0.3) is 0 Å². The minimum Gasteiger partial charge on any atom is -0.396 e. The Balaban J connectivity index is 2.82. The van der Waals surface area contributed by atoms with Crippen molar-refractivity contribution >= 4 is 11.4 Å². The largest absolute Gasteiger partial charge is 0.396 e. The molecular weight excluding hydrogens is 186 g/mol. The van der Waals surface area contributed by atoms with Gasteiger partial charge < -0.3 is 11.1 Å². The van der Waals surface area contributed by atoms with Crippen molar-refractivity contribution in [1.29, 1.82) is 5.26 Å². The number of hydrogen-bond acceptors (Lipinski definition) is 3. The third-order valence-electron chi connectivity index (χ3n) is 2.35. The number of nitrogens with two attached hydrogens (primary N) is 1. The molecule has 3 heteroatoms. The summed E-state index contributed by atoms with van der Waals surface area (Å²) in [6, 6.07) is 7.93. The summed E-state index contributed by atoms with van der Waals surface area (Å²) >= 11 is 0. The van der Waals surface area contributed by atoms with Gasteiger partial charge in [-0.15, -0.1) is 0 Å². The molecule has 3 nitrogen and oxygen atoms in total. The number of hydrogen-bond donors (Lipinski definition) is 2. The molecule has 0 bridgehead atoms. The van der Waals surface area contributed by atoms with Crippen LogP contribution in [0.15, 0.2) is 18.2 Å².